The van der Waals surface area contributed by atoms with Crippen molar-refractivity contribution in [3.05, 3.63) is 47.6 Å². The monoisotopic (exact) mass is 1430 g/mol. The number of hydrogen-bond acceptors (Lipinski definition) is 30. The maximum atomic E-state index is 16.0. The average Bonchev–Trinajstić information content (AvgIpc) is 0.670. The Morgan fingerprint density at radius 1 is 0.600 bits per heavy atom. The topological polar surface area (TPSA) is 486 Å². The van der Waals surface area contributed by atoms with Crippen LogP contribution in [0.15, 0.2) is 42.0 Å². The van der Waals surface area contributed by atoms with Gasteiger partial charge in [0.25, 0.3) is 0 Å². The van der Waals surface area contributed by atoms with Crippen molar-refractivity contribution >= 4 is 24.0 Å². The molecule has 0 spiro atoms. The standard InChI is InChI=1S/C69H102O31/c1-29-42(75)54(96-41(74)15-12-31-10-9-11-32(22-31)89-8)55(98-58-52(85)48(81)53(30(2)92-58)97-57-49(82)45(78)38(27-90-57)95-59-50(83)46(79)43(76)36(25-70)93-59)61(91-29)100-63(88)68-19-18-64(3,4)23-34(68)33-13-14-39-65(5)24-35(73)56(99-60-51(84)47(80)44(77)37(26-71)94-60)67(7,62(86)87)40(65)16-17-66(39,6)69(33,28-72)21-20-68/h9-13,15,22,29-30,34-40,42-61,70-73,75-85H,14,16-21,23-28H2,1-8H3,(H,86,87)/b15-12+/t29-,30+,34+,35+,36-,37-,38-,39?,40?,42+,43+,44-,45+,46+,47+,48+,49-,50-,51-,52-,53+,54+,55-,56+,57+,58+,59+,60+,61+,65-,66-,67+,68+,69+/m1/s1. The number of fused-ring (bicyclic) bond motifs is 7. The number of carbonyl (C=O) groups excluding carboxylic acids is 2. The fraction of sp³-hybridized carbons (Fsp3) is 0.812. The molecule has 4 saturated carbocycles. The number of ether oxygens (including phenoxy) is 12. The zero-order valence-electron chi connectivity index (χ0n) is 57.3. The number of allylic oxidation sites excluding steroid dienone is 1. The summed E-state index contributed by atoms with van der Waals surface area (Å²) in [4.78, 5) is 43.9. The number of aliphatic hydroxyl groups is 15. The minimum atomic E-state index is -2.08. The van der Waals surface area contributed by atoms with Gasteiger partial charge >= 0.3 is 17.9 Å². The van der Waals surface area contributed by atoms with Crippen molar-refractivity contribution in [3.63, 3.8) is 0 Å². The Hall–Kier alpha value is -4.05. The third-order valence-corrected chi connectivity index (χ3v) is 24.8. The Morgan fingerprint density at radius 2 is 1.20 bits per heavy atom. The van der Waals surface area contributed by atoms with Gasteiger partial charge in [-0.15, -0.1) is 0 Å². The van der Waals surface area contributed by atoms with Gasteiger partial charge < -0.3 is 139 Å². The smallest absolute Gasteiger partial charge is 0.331 e. The molecule has 5 aliphatic carbocycles. The van der Waals surface area contributed by atoms with E-state index in [4.69, 9.17) is 56.8 Å². The van der Waals surface area contributed by atoms with Crippen molar-refractivity contribution in [3.8, 4) is 5.75 Å². The lowest BCUT2D eigenvalue weighted by molar-refractivity contribution is -0.378. The fourth-order valence-electron chi connectivity index (χ4n) is 19.0. The van der Waals surface area contributed by atoms with Crippen LogP contribution in [0.5, 0.6) is 5.75 Å². The SMILES string of the molecule is COc1cccc(/C=C/C(=O)O[C@H]2[C@@H](O)[C@@H](C)O[C@@H](OC(=O)[C@]34CCC(C)(C)C[C@H]3C3=CCC5[C@@]6(C)C[C@H](O)[C@H](O[C@@H]7O[C@H](CO)[C@@H](O)[C@H](O)[C@H]7O)[C@@](C)(C(=O)O)C6CC[C@@]5(C)[C@]3(CO)CC4)[C@@H]2O[C@@H]2O[C@@H](C)[C@H](O[C@@H]3OC[C@@H](O[C@@H]4O[C@H](CO)[C@H](O)[C@H](O)[C@H]4O)[C@H](O)[C@H]3O)[C@@H](O)[C@H]2O)c1. The largest absolute Gasteiger partial charge is 0.497 e. The molecule has 31 heteroatoms. The van der Waals surface area contributed by atoms with Gasteiger partial charge in [-0.05, 0) is 136 Å². The fourth-order valence-corrected chi connectivity index (χ4v) is 19.0. The van der Waals surface area contributed by atoms with E-state index in [0.717, 1.165) is 11.6 Å². The van der Waals surface area contributed by atoms with Crippen molar-refractivity contribution in [2.24, 2.45) is 50.2 Å². The van der Waals surface area contributed by atoms with Crippen LogP contribution in [-0.2, 0) is 66.5 Å². The molecule has 0 bridgehead atoms. The molecular formula is C69H102O31. The zero-order valence-corrected chi connectivity index (χ0v) is 57.3. The first kappa shape index (κ1) is 77.1. The van der Waals surface area contributed by atoms with Crippen LogP contribution in [0.25, 0.3) is 6.08 Å². The van der Waals surface area contributed by atoms with Gasteiger partial charge in [-0.1, -0.05) is 51.5 Å². The van der Waals surface area contributed by atoms with E-state index in [1.807, 2.05) is 6.92 Å². The van der Waals surface area contributed by atoms with Crippen LogP contribution in [0.4, 0.5) is 0 Å². The third kappa shape index (κ3) is 13.3. The molecule has 1 aromatic rings. The average molecular weight is 1430 g/mol. The second-order valence-corrected chi connectivity index (χ2v) is 31.0. The van der Waals surface area contributed by atoms with E-state index in [2.05, 4.69) is 26.8 Å². The summed E-state index contributed by atoms with van der Waals surface area (Å²) < 4.78 is 71.5. The first-order valence-electron chi connectivity index (χ1n) is 34.6. The molecule has 10 aliphatic rings. The van der Waals surface area contributed by atoms with Crippen molar-refractivity contribution in [1.82, 2.24) is 0 Å². The maximum absolute atomic E-state index is 16.0. The number of benzene rings is 1. The minimum Gasteiger partial charge on any atom is -0.497 e. The van der Waals surface area contributed by atoms with Gasteiger partial charge in [-0.2, -0.15) is 0 Å². The highest BCUT2D eigenvalue weighted by molar-refractivity contribution is 5.87. The molecule has 0 radical (unpaired) electrons. The van der Waals surface area contributed by atoms with Gasteiger partial charge in [0.1, 0.15) is 103 Å². The molecule has 34 atom stereocenters. The second-order valence-electron chi connectivity index (χ2n) is 31.0. The molecule has 2 unspecified atom stereocenters. The molecule has 100 heavy (non-hydrogen) atoms. The highest BCUT2D eigenvalue weighted by Gasteiger charge is 2.74. The van der Waals surface area contributed by atoms with Crippen LogP contribution < -0.4 is 4.74 Å². The Bertz CT molecular complexity index is 3110. The zero-order chi connectivity index (χ0) is 72.8. The summed E-state index contributed by atoms with van der Waals surface area (Å²) in [5.74, 6) is -4.25. The molecule has 0 amide bonds. The van der Waals surface area contributed by atoms with Crippen LogP contribution >= 0.6 is 0 Å². The molecule has 0 aromatic heterocycles. The number of methoxy groups -OCH3 is 1. The van der Waals surface area contributed by atoms with Crippen LogP contribution in [-0.4, -0.2) is 293 Å². The van der Waals surface area contributed by atoms with Crippen molar-refractivity contribution in [2.45, 2.75) is 266 Å². The van der Waals surface area contributed by atoms with Crippen molar-refractivity contribution in [2.75, 3.05) is 33.5 Å². The first-order chi connectivity index (χ1) is 47.1. The number of aliphatic carboxylic acids is 1. The maximum Gasteiger partial charge on any atom is 0.331 e. The van der Waals surface area contributed by atoms with E-state index in [0.29, 0.717) is 37.0 Å². The third-order valence-electron chi connectivity index (χ3n) is 24.8. The quantitative estimate of drug-likeness (QED) is 0.0320. The number of hydrogen-bond donors (Lipinski definition) is 16. The van der Waals surface area contributed by atoms with E-state index in [1.165, 1.54) is 34.0 Å². The van der Waals surface area contributed by atoms with Crippen LogP contribution in [0.3, 0.4) is 0 Å². The summed E-state index contributed by atoms with van der Waals surface area (Å²) in [6.07, 6.45) is -37.0. The summed E-state index contributed by atoms with van der Waals surface area (Å²) in [5.41, 5.74) is -5.00. The molecule has 16 N–H and O–H groups in total. The van der Waals surface area contributed by atoms with Gasteiger partial charge in [-0.25, -0.2) is 4.79 Å². The van der Waals surface area contributed by atoms with Gasteiger partial charge in [0.15, 0.2) is 37.4 Å². The van der Waals surface area contributed by atoms with E-state index < -0.39 is 236 Å². The molecule has 5 aliphatic heterocycles. The number of carbonyl (C=O) groups is 3. The summed E-state index contributed by atoms with van der Waals surface area (Å²) in [6, 6.07) is 6.74. The summed E-state index contributed by atoms with van der Waals surface area (Å²) in [6.45, 7) is 10.1. The molecule has 564 valence electrons. The van der Waals surface area contributed by atoms with Crippen molar-refractivity contribution in [1.29, 1.82) is 0 Å². The van der Waals surface area contributed by atoms with Crippen LogP contribution in [0.1, 0.15) is 112 Å². The number of aliphatic hydroxyl groups excluding tert-OH is 15. The summed E-state index contributed by atoms with van der Waals surface area (Å²) >= 11 is 0. The second kappa shape index (κ2) is 29.4. The van der Waals surface area contributed by atoms with Gasteiger partial charge in [0.2, 0.25) is 6.29 Å². The number of carboxylic acid groups (broad SMARTS) is 1. The summed E-state index contributed by atoms with van der Waals surface area (Å²) in [7, 11) is 1.47. The van der Waals surface area contributed by atoms with E-state index >= 15 is 4.79 Å². The Kier molecular flexibility index (Phi) is 22.6. The lowest BCUT2D eigenvalue weighted by atomic mass is 9.33. The normalized spacial score (nSPS) is 49.4. The van der Waals surface area contributed by atoms with Gasteiger partial charge in [-0.3, -0.25) is 9.59 Å². The minimum absolute atomic E-state index is 0.00466. The van der Waals surface area contributed by atoms with Crippen molar-refractivity contribution < 1.29 is 153 Å². The molecule has 5 saturated heterocycles. The number of rotatable bonds is 18. The highest BCUT2D eigenvalue weighted by atomic mass is 16.8. The lowest BCUT2D eigenvalue weighted by Crippen LogP contribution is -2.71. The lowest BCUT2D eigenvalue weighted by Gasteiger charge is -2.71. The van der Waals surface area contributed by atoms with Crippen LogP contribution in [0, 0.1) is 50.2 Å². The van der Waals surface area contributed by atoms with Gasteiger partial charge in [0.05, 0.1) is 62.7 Å². The van der Waals surface area contributed by atoms with E-state index in [1.54, 1.807) is 24.3 Å². The predicted molar refractivity (Wildman–Crippen MR) is 337 cm³/mol. The van der Waals surface area contributed by atoms with E-state index in [-0.39, 0.29) is 50.0 Å². The predicted octanol–water partition coefficient (Wildman–Crippen LogP) is -2.24. The first-order valence-corrected chi connectivity index (χ1v) is 34.6. The Balaban J connectivity index is 0.859. The molecule has 1 aromatic carbocycles. The van der Waals surface area contributed by atoms with E-state index in [9.17, 15) is 91.3 Å². The molecule has 31 nitrogen and oxygen atoms in total. The molecule has 11 rings (SSSR count). The highest BCUT2D eigenvalue weighted by Crippen LogP contribution is 2.76. The van der Waals surface area contributed by atoms with Gasteiger partial charge in [0, 0.05) is 11.5 Å². The molecular weight excluding hydrogens is 1320 g/mol. The Morgan fingerprint density at radius 3 is 1.83 bits per heavy atom. The molecule has 9 fully saturated rings. The number of carboxylic acids is 1. The number of esters is 2. The molecule has 5 heterocycles. The van der Waals surface area contributed by atoms with Crippen LogP contribution in [0.2, 0.25) is 0 Å². The summed E-state index contributed by atoms with van der Waals surface area (Å²) in [5, 5.41) is 177. The Labute approximate surface area is 578 Å².